The fourth-order valence-electron chi connectivity index (χ4n) is 3.68. The van der Waals surface area contributed by atoms with Crippen molar-refractivity contribution < 1.29 is 18.0 Å². The molecule has 5 nitrogen and oxygen atoms in total. The Hall–Kier alpha value is -2.96. The molecule has 9 heteroatoms. The van der Waals surface area contributed by atoms with Gasteiger partial charge in [0.25, 0.3) is 0 Å². The van der Waals surface area contributed by atoms with Crippen LogP contribution >= 0.6 is 11.8 Å². The third-order valence-corrected chi connectivity index (χ3v) is 6.77. The van der Waals surface area contributed by atoms with E-state index in [2.05, 4.69) is 21.7 Å². The van der Waals surface area contributed by atoms with E-state index in [-0.39, 0.29) is 11.3 Å². The van der Waals surface area contributed by atoms with E-state index in [0.29, 0.717) is 29.5 Å². The Morgan fingerprint density at radius 2 is 1.85 bits per heavy atom. The normalized spacial score (nSPS) is 16.7. The van der Waals surface area contributed by atoms with Crippen LogP contribution in [0, 0.1) is 11.3 Å². The fraction of sp³-hybridized carbons (Fsp3) is 0.333. The van der Waals surface area contributed by atoms with Gasteiger partial charge in [0.15, 0.2) is 0 Å². The van der Waals surface area contributed by atoms with Gasteiger partial charge in [-0.1, -0.05) is 48.5 Å². The molecule has 3 aromatic rings. The van der Waals surface area contributed by atoms with Gasteiger partial charge in [0, 0.05) is 34.2 Å². The Morgan fingerprint density at radius 3 is 2.52 bits per heavy atom. The summed E-state index contributed by atoms with van der Waals surface area (Å²) in [5, 5.41) is 15.0. The summed E-state index contributed by atoms with van der Waals surface area (Å²) in [5.41, 5.74) is 0.673. The first-order valence-electron chi connectivity index (χ1n) is 10.5. The van der Waals surface area contributed by atoms with E-state index in [1.165, 1.54) is 18.0 Å². The zero-order chi connectivity index (χ0) is 23.5. The van der Waals surface area contributed by atoms with Gasteiger partial charge in [-0.25, -0.2) is 0 Å². The molecule has 1 aliphatic rings. The summed E-state index contributed by atoms with van der Waals surface area (Å²) in [6.45, 7) is 0. The summed E-state index contributed by atoms with van der Waals surface area (Å²) >= 11 is 1.37. The number of hydrogen-bond donors (Lipinski definition) is 3. The van der Waals surface area contributed by atoms with Gasteiger partial charge in [0.1, 0.15) is 11.6 Å². The summed E-state index contributed by atoms with van der Waals surface area (Å²) in [6.07, 6.45) is -2.28. The standard InChI is InChI=1S/C24H23F3N4OS/c25-24(26,27)21(18-12-29-19-9-5-4-8-17(18)19)30-20(22(32)31-23(15-28)10-11-23)14-33-13-16-6-2-1-3-7-16/h1-9,12,20-21,29-30H,10-11,13-14H2,(H,31,32)/t20-,21-/m0/s1. The van der Waals surface area contributed by atoms with Crippen LogP contribution in [0.25, 0.3) is 10.9 Å². The predicted molar refractivity (Wildman–Crippen MR) is 122 cm³/mol. The number of H-pyrrole nitrogens is 1. The second kappa shape index (κ2) is 9.49. The summed E-state index contributed by atoms with van der Waals surface area (Å²) in [4.78, 5) is 15.9. The van der Waals surface area contributed by atoms with E-state index in [1.54, 1.807) is 24.3 Å². The fourth-order valence-corrected chi connectivity index (χ4v) is 4.70. The number of para-hydroxylation sites is 1. The van der Waals surface area contributed by atoms with Crippen molar-refractivity contribution in [3.05, 3.63) is 71.9 Å². The number of halogens is 3. The minimum Gasteiger partial charge on any atom is -0.361 e. The lowest BCUT2D eigenvalue weighted by Gasteiger charge is -2.27. The lowest BCUT2D eigenvalue weighted by molar-refractivity contribution is -0.160. The number of thioether (sulfide) groups is 1. The van der Waals surface area contributed by atoms with Gasteiger partial charge < -0.3 is 10.3 Å². The number of rotatable bonds is 9. The van der Waals surface area contributed by atoms with Gasteiger partial charge in [-0.15, -0.1) is 0 Å². The van der Waals surface area contributed by atoms with Crippen molar-refractivity contribution in [2.75, 3.05) is 5.75 Å². The monoisotopic (exact) mass is 472 g/mol. The maximum atomic E-state index is 14.2. The Balaban J connectivity index is 1.56. The summed E-state index contributed by atoms with van der Waals surface area (Å²) in [7, 11) is 0. The molecular formula is C24H23F3N4OS. The van der Waals surface area contributed by atoms with Crippen LogP contribution < -0.4 is 10.6 Å². The smallest absolute Gasteiger partial charge is 0.361 e. The Morgan fingerprint density at radius 1 is 1.15 bits per heavy atom. The molecule has 0 radical (unpaired) electrons. The number of alkyl halides is 3. The average Bonchev–Trinajstić information content (AvgIpc) is 3.45. The maximum Gasteiger partial charge on any atom is 0.408 e. The second-order valence-electron chi connectivity index (χ2n) is 8.17. The third-order valence-electron chi connectivity index (χ3n) is 5.67. The number of fused-ring (bicyclic) bond motifs is 1. The molecule has 1 saturated carbocycles. The van der Waals surface area contributed by atoms with Crippen LogP contribution in [0.15, 0.2) is 60.8 Å². The number of aromatic amines is 1. The number of carbonyl (C=O) groups excluding carboxylic acids is 1. The lowest BCUT2D eigenvalue weighted by Crippen LogP contribution is -2.52. The number of amides is 1. The highest BCUT2D eigenvalue weighted by molar-refractivity contribution is 7.98. The van der Waals surface area contributed by atoms with Crippen LogP contribution in [0.1, 0.15) is 30.0 Å². The molecule has 1 heterocycles. The van der Waals surface area contributed by atoms with Crippen molar-refractivity contribution in [3.8, 4) is 6.07 Å². The van der Waals surface area contributed by atoms with Crippen LogP contribution in [0.2, 0.25) is 0 Å². The molecule has 0 aliphatic heterocycles. The van der Waals surface area contributed by atoms with E-state index in [9.17, 15) is 23.2 Å². The van der Waals surface area contributed by atoms with Gasteiger partial charge in [-0.05, 0) is 24.5 Å². The zero-order valence-corrected chi connectivity index (χ0v) is 18.5. The number of nitrogens with one attached hydrogen (secondary N) is 3. The molecule has 0 bridgehead atoms. The Labute approximate surface area is 193 Å². The summed E-state index contributed by atoms with van der Waals surface area (Å²) < 4.78 is 42.5. The number of aromatic nitrogens is 1. The zero-order valence-electron chi connectivity index (χ0n) is 17.7. The van der Waals surface area contributed by atoms with E-state index in [1.807, 2.05) is 30.3 Å². The van der Waals surface area contributed by atoms with E-state index < -0.39 is 29.7 Å². The molecule has 172 valence electrons. The van der Waals surface area contributed by atoms with Crippen molar-refractivity contribution in [2.45, 2.75) is 42.4 Å². The van der Waals surface area contributed by atoms with Crippen molar-refractivity contribution in [1.29, 1.82) is 5.26 Å². The number of hydrogen-bond acceptors (Lipinski definition) is 4. The highest BCUT2D eigenvalue weighted by Gasteiger charge is 2.47. The summed E-state index contributed by atoms with van der Waals surface area (Å²) in [6, 6.07) is 15.1. The Kier molecular flexibility index (Phi) is 6.68. The van der Waals surface area contributed by atoms with Gasteiger partial charge in [0.05, 0.1) is 12.1 Å². The molecule has 1 aliphatic carbocycles. The van der Waals surface area contributed by atoms with Crippen LogP contribution in [0.3, 0.4) is 0 Å². The minimum atomic E-state index is -4.62. The molecule has 0 spiro atoms. The Bertz CT molecular complexity index is 1150. The topological polar surface area (TPSA) is 80.7 Å². The first-order chi connectivity index (χ1) is 15.8. The van der Waals surface area contributed by atoms with Crippen LogP contribution in [-0.2, 0) is 10.5 Å². The SMILES string of the molecule is N#CC1(NC(=O)[C@H](CSCc2ccccc2)N[C@@H](c2c[nH]c3ccccc23)C(F)(F)F)CC1. The number of nitriles is 1. The van der Waals surface area contributed by atoms with Gasteiger partial charge >= 0.3 is 6.18 Å². The lowest BCUT2D eigenvalue weighted by atomic mass is 10.0. The van der Waals surface area contributed by atoms with Gasteiger partial charge in [0.2, 0.25) is 5.91 Å². The molecule has 1 aromatic heterocycles. The largest absolute Gasteiger partial charge is 0.408 e. The quantitative estimate of drug-likeness (QED) is 0.417. The van der Waals surface area contributed by atoms with Crippen molar-refractivity contribution >= 4 is 28.6 Å². The molecule has 0 saturated heterocycles. The second-order valence-corrected chi connectivity index (χ2v) is 9.20. The average molecular weight is 473 g/mol. The van der Waals surface area contributed by atoms with E-state index >= 15 is 0 Å². The van der Waals surface area contributed by atoms with Crippen molar-refractivity contribution in [1.82, 2.24) is 15.6 Å². The highest BCUT2D eigenvalue weighted by Crippen LogP contribution is 2.38. The van der Waals surface area contributed by atoms with Crippen LogP contribution in [0.5, 0.6) is 0 Å². The molecule has 2 atom stereocenters. The number of nitrogens with zero attached hydrogens (tertiary/aromatic N) is 1. The number of benzene rings is 2. The van der Waals surface area contributed by atoms with E-state index in [4.69, 9.17) is 0 Å². The molecule has 1 fully saturated rings. The molecule has 3 N–H and O–H groups in total. The molecule has 0 unspecified atom stereocenters. The van der Waals surface area contributed by atoms with Gasteiger partial charge in [-0.3, -0.25) is 10.1 Å². The van der Waals surface area contributed by atoms with Crippen LogP contribution in [-0.4, -0.2) is 34.4 Å². The summed E-state index contributed by atoms with van der Waals surface area (Å²) in [5.74, 6) is 0.0834. The predicted octanol–water partition coefficient (Wildman–Crippen LogP) is 4.84. The first kappa shape index (κ1) is 23.2. The molecule has 1 amide bonds. The number of carbonyl (C=O) groups is 1. The molecule has 33 heavy (non-hydrogen) atoms. The van der Waals surface area contributed by atoms with Crippen molar-refractivity contribution in [2.24, 2.45) is 0 Å². The maximum absolute atomic E-state index is 14.2. The van der Waals surface area contributed by atoms with Crippen molar-refractivity contribution in [3.63, 3.8) is 0 Å². The minimum absolute atomic E-state index is 0.0328. The van der Waals surface area contributed by atoms with Gasteiger partial charge in [-0.2, -0.15) is 30.2 Å². The highest BCUT2D eigenvalue weighted by atomic mass is 32.2. The van der Waals surface area contributed by atoms with E-state index in [0.717, 1.165) is 5.56 Å². The molecular weight excluding hydrogens is 449 g/mol. The van der Waals surface area contributed by atoms with Crippen LogP contribution in [0.4, 0.5) is 13.2 Å². The molecule has 4 rings (SSSR count). The first-order valence-corrected chi connectivity index (χ1v) is 11.7. The third kappa shape index (κ3) is 5.52. The molecule has 2 aromatic carbocycles.